The van der Waals surface area contributed by atoms with Gasteiger partial charge in [0, 0.05) is 44.2 Å². The second-order valence-corrected chi connectivity index (χ2v) is 8.57. The fraction of sp³-hybridized carbons (Fsp3) is 0.444. The van der Waals surface area contributed by atoms with Crippen LogP contribution in [0.1, 0.15) is 23.4 Å². The third-order valence-corrected chi connectivity index (χ3v) is 6.81. The van der Waals surface area contributed by atoms with Crippen molar-refractivity contribution in [3.63, 3.8) is 0 Å². The number of amides is 1. The first kappa shape index (κ1) is 20.4. The Labute approximate surface area is 162 Å². The van der Waals surface area contributed by atoms with Gasteiger partial charge in [-0.2, -0.15) is 4.31 Å². The van der Waals surface area contributed by atoms with Gasteiger partial charge in [-0.15, -0.1) is 0 Å². The molecule has 1 aliphatic heterocycles. The summed E-state index contributed by atoms with van der Waals surface area (Å²) in [5.74, 6) is -1.38. The topological polar surface area (TPSA) is 83.7 Å². The average molecular weight is 413 g/mol. The number of carbonyl (C=O) groups is 1. The van der Waals surface area contributed by atoms with Gasteiger partial charge in [0.2, 0.25) is 15.9 Å². The highest BCUT2D eigenvalue weighted by atomic mass is 32.2. The van der Waals surface area contributed by atoms with E-state index in [1.165, 1.54) is 0 Å². The van der Waals surface area contributed by atoms with E-state index in [0.29, 0.717) is 18.2 Å². The molecule has 28 heavy (non-hydrogen) atoms. The van der Waals surface area contributed by atoms with E-state index in [4.69, 9.17) is 4.52 Å². The van der Waals surface area contributed by atoms with E-state index in [2.05, 4.69) is 5.16 Å². The molecule has 0 N–H and O–H groups in total. The molecule has 2 aromatic rings. The van der Waals surface area contributed by atoms with Gasteiger partial charge in [-0.25, -0.2) is 17.2 Å². The molecule has 3 rings (SSSR count). The van der Waals surface area contributed by atoms with Gasteiger partial charge in [-0.05, 0) is 32.4 Å². The molecule has 0 radical (unpaired) electrons. The second kappa shape index (κ2) is 7.96. The number of halogens is 2. The number of sulfonamides is 1. The molecule has 1 aromatic heterocycles. The number of hydrogen-bond donors (Lipinski definition) is 0. The number of hydrogen-bond acceptors (Lipinski definition) is 5. The number of piperazine rings is 1. The quantitative estimate of drug-likeness (QED) is 0.749. The third kappa shape index (κ3) is 4.07. The normalized spacial score (nSPS) is 15.8. The van der Waals surface area contributed by atoms with Crippen LogP contribution in [0.2, 0.25) is 0 Å². The van der Waals surface area contributed by atoms with Crippen LogP contribution in [0.5, 0.6) is 0 Å². The highest BCUT2D eigenvalue weighted by Crippen LogP contribution is 2.22. The van der Waals surface area contributed by atoms with E-state index in [1.54, 1.807) is 11.8 Å². The standard InChI is InChI=1S/C18H21F2N3O4S/c1-12-15(13(2)27-21-12)4-6-18(24)22-7-9-23(10-8-22)28(25,26)17-5-3-14(19)11-16(17)20/h3,5,11H,4,6-10H2,1-2H3. The molecule has 2 heterocycles. The smallest absolute Gasteiger partial charge is 0.246 e. The summed E-state index contributed by atoms with van der Waals surface area (Å²) in [6.07, 6.45) is 0.765. The zero-order valence-corrected chi connectivity index (χ0v) is 16.4. The summed E-state index contributed by atoms with van der Waals surface area (Å²) in [4.78, 5) is 13.5. The van der Waals surface area contributed by atoms with Gasteiger partial charge in [0.1, 0.15) is 22.3 Å². The molecule has 152 valence electrons. The molecule has 1 fully saturated rings. The first-order valence-corrected chi connectivity index (χ1v) is 10.3. The van der Waals surface area contributed by atoms with Gasteiger partial charge in [0.25, 0.3) is 0 Å². The molecule has 0 atom stereocenters. The fourth-order valence-corrected chi connectivity index (χ4v) is 4.72. The van der Waals surface area contributed by atoms with Gasteiger partial charge < -0.3 is 9.42 Å². The Balaban J connectivity index is 1.60. The Hall–Kier alpha value is -2.33. The Kier molecular flexibility index (Phi) is 5.80. The molecule has 0 aliphatic carbocycles. The van der Waals surface area contributed by atoms with Crippen LogP contribution in [0.15, 0.2) is 27.6 Å². The van der Waals surface area contributed by atoms with Crippen LogP contribution in [-0.2, 0) is 21.2 Å². The lowest BCUT2D eigenvalue weighted by Crippen LogP contribution is -2.50. The van der Waals surface area contributed by atoms with Crippen molar-refractivity contribution in [1.29, 1.82) is 0 Å². The van der Waals surface area contributed by atoms with Gasteiger partial charge in [0.05, 0.1) is 5.69 Å². The Morgan fingerprint density at radius 2 is 1.86 bits per heavy atom. The molecular weight excluding hydrogens is 392 g/mol. The highest BCUT2D eigenvalue weighted by Gasteiger charge is 2.32. The van der Waals surface area contributed by atoms with Crippen LogP contribution in [0, 0.1) is 25.5 Å². The van der Waals surface area contributed by atoms with Crippen molar-refractivity contribution in [2.24, 2.45) is 0 Å². The third-order valence-electron chi connectivity index (χ3n) is 4.87. The van der Waals surface area contributed by atoms with Gasteiger partial charge >= 0.3 is 0 Å². The number of aromatic nitrogens is 1. The minimum Gasteiger partial charge on any atom is -0.361 e. The molecule has 1 aromatic carbocycles. The van der Waals surface area contributed by atoms with E-state index < -0.39 is 26.6 Å². The van der Waals surface area contributed by atoms with Crippen molar-refractivity contribution in [2.75, 3.05) is 26.2 Å². The zero-order valence-electron chi connectivity index (χ0n) is 15.6. The van der Waals surface area contributed by atoms with E-state index in [-0.39, 0.29) is 38.5 Å². The van der Waals surface area contributed by atoms with E-state index in [9.17, 15) is 22.0 Å². The van der Waals surface area contributed by atoms with Crippen LogP contribution >= 0.6 is 0 Å². The largest absolute Gasteiger partial charge is 0.361 e. The Bertz CT molecular complexity index is 963. The first-order chi connectivity index (χ1) is 13.2. The summed E-state index contributed by atoms with van der Waals surface area (Å²) in [5, 5.41) is 3.86. The van der Waals surface area contributed by atoms with E-state index in [1.807, 2.05) is 6.92 Å². The lowest BCUT2D eigenvalue weighted by atomic mass is 10.1. The Morgan fingerprint density at radius 3 is 2.43 bits per heavy atom. The number of rotatable bonds is 5. The van der Waals surface area contributed by atoms with Crippen LogP contribution < -0.4 is 0 Å². The lowest BCUT2D eigenvalue weighted by Gasteiger charge is -2.34. The van der Waals surface area contributed by atoms with Gasteiger partial charge in [-0.1, -0.05) is 5.16 Å². The van der Waals surface area contributed by atoms with Gasteiger partial charge in [0.15, 0.2) is 0 Å². The molecule has 1 amide bonds. The fourth-order valence-electron chi connectivity index (χ4n) is 3.25. The number of carbonyl (C=O) groups excluding carboxylic acids is 1. The lowest BCUT2D eigenvalue weighted by molar-refractivity contribution is -0.132. The maximum Gasteiger partial charge on any atom is 0.246 e. The van der Waals surface area contributed by atoms with E-state index >= 15 is 0 Å². The maximum atomic E-state index is 13.9. The van der Waals surface area contributed by atoms with E-state index in [0.717, 1.165) is 27.7 Å². The number of aryl methyl sites for hydroxylation is 2. The van der Waals surface area contributed by atoms with Crippen molar-refractivity contribution in [3.8, 4) is 0 Å². The molecule has 10 heteroatoms. The molecule has 0 spiro atoms. The molecule has 0 unspecified atom stereocenters. The first-order valence-electron chi connectivity index (χ1n) is 8.85. The summed E-state index contributed by atoms with van der Waals surface area (Å²) in [6, 6.07) is 2.37. The molecule has 0 bridgehead atoms. The zero-order chi connectivity index (χ0) is 20.5. The summed E-state index contributed by atoms with van der Waals surface area (Å²) in [7, 11) is -4.08. The minimum atomic E-state index is -4.08. The van der Waals surface area contributed by atoms with Crippen molar-refractivity contribution in [1.82, 2.24) is 14.4 Å². The maximum absolute atomic E-state index is 13.9. The molecule has 1 saturated heterocycles. The van der Waals surface area contributed by atoms with Crippen LogP contribution in [0.25, 0.3) is 0 Å². The monoisotopic (exact) mass is 413 g/mol. The van der Waals surface area contributed by atoms with Crippen LogP contribution in [-0.4, -0.2) is 54.9 Å². The van der Waals surface area contributed by atoms with Crippen LogP contribution in [0.4, 0.5) is 8.78 Å². The summed E-state index contributed by atoms with van der Waals surface area (Å²) in [5.41, 5.74) is 1.66. The highest BCUT2D eigenvalue weighted by molar-refractivity contribution is 7.89. The summed E-state index contributed by atoms with van der Waals surface area (Å²) in [6.45, 7) is 4.13. The van der Waals surface area contributed by atoms with Crippen molar-refractivity contribution in [3.05, 3.63) is 46.9 Å². The van der Waals surface area contributed by atoms with Crippen LogP contribution in [0.3, 0.4) is 0 Å². The number of nitrogens with zero attached hydrogens (tertiary/aromatic N) is 3. The minimum absolute atomic E-state index is 0.0518. The van der Waals surface area contributed by atoms with Crippen molar-refractivity contribution < 1.29 is 26.5 Å². The molecule has 0 saturated carbocycles. The molecule has 1 aliphatic rings. The number of benzene rings is 1. The predicted octanol–water partition coefficient (Wildman–Crippen LogP) is 2.04. The SMILES string of the molecule is Cc1noc(C)c1CCC(=O)N1CCN(S(=O)(=O)c2ccc(F)cc2F)CC1. The molecule has 7 nitrogen and oxygen atoms in total. The van der Waals surface area contributed by atoms with Gasteiger partial charge in [-0.3, -0.25) is 4.79 Å². The predicted molar refractivity (Wildman–Crippen MR) is 96.0 cm³/mol. The summed E-state index contributed by atoms with van der Waals surface area (Å²) < 4.78 is 58.3. The average Bonchev–Trinajstić information content (AvgIpc) is 2.97. The second-order valence-electron chi connectivity index (χ2n) is 6.66. The molecular formula is C18H21F2N3O4S. The van der Waals surface area contributed by atoms with Crippen molar-refractivity contribution >= 4 is 15.9 Å². The Morgan fingerprint density at radius 1 is 1.18 bits per heavy atom. The van der Waals surface area contributed by atoms with Crippen molar-refractivity contribution in [2.45, 2.75) is 31.6 Å². The summed E-state index contributed by atoms with van der Waals surface area (Å²) >= 11 is 0.